The molecule has 0 radical (unpaired) electrons. The topological polar surface area (TPSA) is 80.0 Å². The van der Waals surface area contributed by atoms with E-state index in [1.807, 2.05) is 0 Å². The summed E-state index contributed by atoms with van der Waals surface area (Å²) in [7, 11) is 0. The van der Waals surface area contributed by atoms with Crippen LogP contribution >= 0.6 is 23.2 Å². The minimum Gasteiger partial charge on any atom is -0.467 e. The Kier molecular flexibility index (Phi) is 4.98. The van der Waals surface area contributed by atoms with Crippen LogP contribution in [0.2, 0.25) is 10.0 Å². The van der Waals surface area contributed by atoms with Gasteiger partial charge >= 0.3 is 0 Å². The van der Waals surface area contributed by atoms with Crippen LogP contribution in [0.15, 0.2) is 53.4 Å². The van der Waals surface area contributed by atoms with Crippen LogP contribution < -0.4 is 10.6 Å². The molecule has 0 saturated carbocycles. The van der Waals surface area contributed by atoms with Crippen molar-refractivity contribution in [2.24, 2.45) is 0 Å². The first kappa shape index (κ1) is 16.3. The number of rotatable bonds is 5. The lowest BCUT2D eigenvalue weighted by molar-refractivity contribution is 0.0942. The van der Waals surface area contributed by atoms with Gasteiger partial charge in [-0.05, 0) is 30.3 Å². The van der Waals surface area contributed by atoms with Gasteiger partial charge in [0, 0.05) is 5.02 Å². The Labute approximate surface area is 147 Å². The van der Waals surface area contributed by atoms with Crippen LogP contribution in [0.3, 0.4) is 0 Å². The number of nitrogens with zero attached hydrogens (tertiary/aromatic N) is 2. The number of anilines is 2. The molecule has 0 aliphatic rings. The maximum Gasteiger partial charge on any atom is 0.271 e. The Balaban J connectivity index is 1.64. The van der Waals surface area contributed by atoms with Crippen LogP contribution in [0, 0.1) is 0 Å². The van der Waals surface area contributed by atoms with Crippen molar-refractivity contribution in [2.75, 3.05) is 5.32 Å². The number of nitrogens with one attached hydrogen (secondary N) is 2. The number of carbonyl (C=O) groups excluding carboxylic acids is 1. The number of aromatic nitrogens is 2. The number of hydrogen-bond acceptors (Lipinski definition) is 5. The number of carbonyl (C=O) groups is 1. The van der Waals surface area contributed by atoms with E-state index in [0.717, 1.165) is 0 Å². The maximum atomic E-state index is 12.0. The van der Waals surface area contributed by atoms with Gasteiger partial charge in [-0.1, -0.05) is 23.2 Å². The summed E-state index contributed by atoms with van der Waals surface area (Å²) in [4.78, 5) is 20.2. The molecule has 0 aliphatic carbocycles. The van der Waals surface area contributed by atoms with E-state index in [1.54, 1.807) is 36.6 Å². The lowest BCUT2D eigenvalue weighted by Gasteiger charge is -2.08. The quantitative estimate of drug-likeness (QED) is 0.715. The lowest BCUT2D eigenvalue weighted by atomic mass is 10.3. The van der Waals surface area contributed by atoms with Crippen molar-refractivity contribution in [1.29, 1.82) is 0 Å². The van der Waals surface area contributed by atoms with Crippen molar-refractivity contribution >= 4 is 40.6 Å². The fraction of sp³-hybridized carbons (Fsp3) is 0.0625. The van der Waals surface area contributed by atoms with Crippen LogP contribution in [0.4, 0.5) is 11.5 Å². The van der Waals surface area contributed by atoms with Crippen molar-refractivity contribution in [1.82, 2.24) is 15.3 Å². The average Bonchev–Trinajstić information content (AvgIpc) is 3.10. The largest absolute Gasteiger partial charge is 0.467 e. The molecular formula is C16H12Cl2N4O2. The molecule has 2 aromatic heterocycles. The fourth-order valence-electron chi connectivity index (χ4n) is 1.91. The van der Waals surface area contributed by atoms with Crippen LogP contribution in [0.25, 0.3) is 0 Å². The summed E-state index contributed by atoms with van der Waals surface area (Å²) >= 11 is 12.0. The number of amides is 1. The Hall–Kier alpha value is -2.57. The first-order chi connectivity index (χ1) is 11.6. The highest BCUT2D eigenvalue weighted by Gasteiger charge is 2.09. The van der Waals surface area contributed by atoms with E-state index >= 15 is 0 Å². The second-order valence-corrected chi connectivity index (χ2v) is 5.64. The van der Waals surface area contributed by atoms with E-state index in [1.165, 1.54) is 12.4 Å². The molecule has 2 heterocycles. The number of halogens is 2. The highest BCUT2D eigenvalue weighted by Crippen LogP contribution is 2.27. The third-order valence-corrected chi connectivity index (χ3v) is 3.64. The molecule has 0 saturated heterocycles. The predicted molar refractivity (Wildman–Crippen MR) is 91.7 cm³/mol. The van der Waals surface area contributed by atoms with Crippen molar-refractivity contribution < 1.29 is 9.21 Å². The van der Waals surface area contributed by atoms with Crippen LogP contribution in [0.1, 0.15) is 16.2 Å². The summed E-state index contributed by atoms with van der Waals surface area (Å²) in [5.74, 6) is 0.762. The predicted octanol–water partition coefficient (Wildman–Crippen LogP) is 4.05. The Morgan fingerprint density at radius 3 is 2.75 bits per heavy atom. The van der Waals surface area contributed by atoms with Gasteiger partial charge in [-0.2, -0.15) is 0 Å². The number of benzene rings is 1. The number of hydrogen-bond donors (Lipinski definition) is 2. The van der Waals surface area contributed by atoms with Gasteiger partial charge in [0.25, 0.3) is 5.91 Å². The van der Waals surface area contributed by atoms with Crippen molar-refractivity contribution in [2.45, 2.75) is 6.54 Å². The molecule has 1 amide bonds. The van der Waals surface area contributed by atoms with E-state index in [0.29, 0.717) is 27.3 Å². The van der Waals surface area contributed by atoms with Gasteiger partial charge in [0.15, 0.2) is 0 Å². The summed E-state index contributed by atoms with van der Waals surface area (Å²) in [5, 5.41) is 6.74. The van der Waals surface area contributed by atoms with Crippen LogP contribution in [-0.4, -0.2) is 15.9 Å². The second kappa shape index (κ2) is 7.33. The molecule has 3 aromatic rings. The monoisotopic (exact) mass is 362 g/mol. The lowest BCUT2D eigenvalue weighted by Crippen LogP contribution is -2.23. The van der Waals surface area contributed by atoms with E-state index in [-0.39, 0.29) is 18.1 Å². The minimum absolute atomic E-state index is 0.198. The molecular weight excluding hydrogens is 351 g/mol. The molecule has 8 heteroatoms. The summed E-state index contributed by atoms with van der Waals surface area (Å²) in [6.07, 6.45) is 4.36. The standard InChI is InChI=1S/C16H12Cl2N4O2/c17-10-3-4-12(18)13(6-10)22-15-9-19-14(8-20-15)16(23)21-7-11-2-1-5-24-11/h1-6,8-9H,7H2,(H,20,22)(H,21,23). The highest BCUT2D eigenvalue weighted by atomic mass is 35.5. The normalized spacial score (nSPS) is 10.4. The molecule has 0 unspecified atom stereocenters. The van der Waals surface area contributed by atoms with Gasteiger partial charge in [0.05, 0.1) is 35.9 Å². The smallest absolute Gasteiger partial charge is 0.271 e. The molecule has 1 aromatic carbocycles. The zero-order chi connectivity index (χ0) is 16.9. The molecule has 0 atom stereocenters. The SMILES string of the molecule is O=C(NCc1ccco1)c1cnc(Nc2cc(Cl)ccc2Cl)cn1. The zero-order valence-corrected chi connectivity index (χ0v) is 13.8. The number of furan rings is 1. The first-order valence-corrected chi connectivity index (χ1v) is 7.72. The first-order valence-electron chi connectivity index (χ1n) is 6.96. The zero-order valence-electron chi connectivity index (χ0n) is 12.3. The molecule has 0 spiro atoms. The minimum atomic E-state index is -0.341. The van der Waals surface area contributed by atoms with Gasteiger partial charge in [-0.25, -0.2) is 9.97 Å². The van der Waals surface area contributed by atoms with Gasteiger partial charge in [0.1, 0.15) is 17.3 Å². The Bertz CT molecular complexity index is 836. The molecule has 6 nitrogen and oxygen atoms in total. The molecule has 122 valence electrons. The van der Waals surface area contributed by atoms with Gasteiger partial charge in [0.2, 0.25) is 0 Å². The van der Waals surface area contributed by atoms with Crippen molar-refractivity contribution in [3.8, 4) is 0 Å². The highest BCUT2D eigenvalue weighted by molar-refractivity contribution is 6.35. The van der Waals surface area contributed by atoms with Gasteiger partial charge in [-0.3, -0.25) is 4.79 Å². The van der Waals surface area contributed by atoms with E-state index < -0.39 is 0 Å². The van der Waals surface area contributed by atoms with Gasteiger partial charge < -0.3 is 15.1 Å². The molecule has 0 fully saturated rings. The second-order valence-electron chi connectivity index (χ2n) is 4.80. The third-order valence-electron chi connectivity index (χ3n) is 3.08. The summed E-state index contributed by atoms with van der Waals surface area (Å²) < 4.78 is 5.14. The molecule has 3 rings (SSSR count). The summed E-state index contributed by atoms with van der Waals surface area (Å²) in [6, 6.07) is 8.56. The van der Waals surface area contributed by atoms with E-state index in [9.17, 15) is 4.79 Å². The van der Waals surface area contributed by atoms with Gasteiger partial charge in [-0.15, -0.1) is 0 Å². The summed E-state index contributed by atoms with van der Waals surface area (Å²) in [6.45, 7) is 0.283. The van der Waals surface area contributed by atoms with Crippen LogP contribution in [-0.2, 0) is 6.54 Å². The summed E-state index contributed by atoms with van der Waals surface area (Å²) in [5.41, 5.74) is 0.804. The maximum absolute atomic E-state index is 12.0. The average molecular weight is 363 g/mol. The van der Waals surface area contributed by atoms with Crippen LogP contribution in [0.5, 0.6) is 0 Å². The molecule has 0 bridgehead atoms. The Morgan fingerprint density at radius 2 is 2.04 bits per heavy atom. The van der Waals surface area contributed by atoms with E-state index in [2.05, 4.69) is 20.6 Å². The van der Waals surface area contributed by atoms with Crippen molar-refractivity contribution in [3.05, 3.63) is 70.5 Å². The van der Waals surface area contributed by atoms with Crippen molar-refractivity contribution in [3.63, 3.8) is 0 Å². The van der Waals surface area contributed by atoms with E-state index in [4.69, 9.17) is 27.6 Å². The fourth-order valence-corrected chi connectivity index (χ4v) is 2.25. The molecule has 2 N–H and O–H groups in total. The third kappa shape index (κ3) is 4.04. The Morgan fingerprint density at radius 1 is 1.17 bits per heavy atom. The molecule has 0 aliphatic heterocycles. The molecule has 24 heavy (non-hydrogen) atoms.